The molecular weight excluding hydrogens is 386 g/mol. The lowest BCUT2D eigenvalue weighted by Crippen LogP contribution is -2.28. The highest BCUT2D eigenvalue weighted by atomic mass is 35.5. The zero-order chi connectivity index (χ0) is 19.5. The largest absolute Gasteiger partial charge is 0.302 e. The monoisotopic (exact) mass is 405 g/mol. The maximum absolute atomic E-state index is 10.0. The van der Waals surface area contributed by atoms with Crippen molar-refractivity contribution in [3.8, 4) is 17.2 Å². The predicted octanol–water partition coefficient (Wildman–Crippen LogP) is 5.55. The lowest BCUT2D eigenvalue weighted by molar-refractivity contribution is 0.309. The molecule has 0 spiro atoms. The summed E-state index contributed by atoms with van der Waals surface area (Å²) in [6.07, 6.45) is 0.900. The summed E-state index contributed by atoms with van der Waals surface area (Å²) in [4.78, 5) is 7.20. The number of fused-ring (bicyclic) bond motifs is 1. The van der Waals surface area contributed by atoms with Gasteiger partial charge in [-0.3, -0.25) is 0 Å². The Hall–Kier alpha value is -2.32. The van der Waals surface area contributed by atoms with Gasteiger partial charge in [0.05, 0.1) is 5.56 Å². The van der Waals surface area contributed by atoms with E-state index in [0.29, 0.717) is 10.6 Å². The summed E-state index contributed by atoms with van der Waals surface area (Å²) in [6.45, 7) is 1.79. The summed E-state index contributed by atoms with van der Waals surface area (Å²) >= 11 is 7.74. The summed E-state index contributed by atoms with van der Waals surface area (Å²) in [6, 6.07) is 20.5. The third-order valence-corrected chi connectivity index (χ3v) is 6.27. The summed E-state index contributed by atoms with van der Waals surface area (Å²) < 4.78 is 0. The van der Waals surface area contributed by atoms with Crippen LogP contribution in [0.5, 0.6) is 0 Å². The van der Waals surface area contributed by atoms with Gasteiger partial charge in [-0.15, -0.1) is 11.8 Å². The summed E-state index contributed by atoms with van der Waals surface area (Å²) in [5, 5.41) is 11.6. The van der Waals surface area contributed by atoms with Crippen LogP contribution in [0.15, 0.2) is 59.6 Å². The summed E-state index contributed by atoms with van der Waals surface area (Å²) in [7, 11) is 2.11. The standard InChI is InChI=1S/C23H20ClN3S/c1-27-12-11-21-20(14-27)22(17-7-9-18(24)10-8-17)19(13-25)23(26-21)28-15-16-5-3-2-4-6-16/h2-10H,11-12,14-15H2,1H3. The first-order chi connectivity index (χ1) is 13.7. The van der Waals surface area contributed by atoms with Gasteiger partial charge in [0, 0.05) is 41.5 Å². The van der Waals surface area contributed by atoms with Gasteiger partial charge in [0.15, 0.2) is 0 Å². The minimum atomic E-state index is 0.664. The Morgan fingerprint density at radius 3 is 2.61 bits per heavy atom. The highest BCUT2D eigenvalue weighted by Crippen LogP contribution is 2.38. The zero-order valence-corrected chi connectivity index (χ0v) is 17.2. The topological polar surface area (TPSA) is 39.9 Å². The second kappa shape index (κ2) is 8.36. The quantitative estimate of drug-likeness (QED) is 0.533. The highest BCUT2D eigenvalue weighted by molar-refractivity contribution is 7.98. The van der Waals surface area contributed by atoms with Crippen molar-refractivity contribution in [1.29, 1.82) is 5.26 Å². The molecule has 4 rings (SSSR count). The van der Waals surface area contributed by atoms with Crippen molar-refractivity contribution in [2.75, 3.05) is 13.6 Å². The van der Waals surface area contributed by atoms with E-state index in [2.05, 4.69) is 30.1 Å². The maximum atomic E-state index is 10.0. The van der Waals surface area contributed by atoms with E-state index in [9.17, 15) is 5.26 Å². The van der Waals surface area contributed by atoms with E-state index in [1.165, 1.54) is 5.56 Å². The average molecular weight is 406 g/mol. The Labute approximate surface area is 175 Å². The molecule has 1 aromatic heterocycles. The zero-order valence-electron chi connectivity index (χ0n) is 15.7. The third kappa shape index (κ3) is 3.93. The van der Waals surface area contributed by atoms with Crippen molar-refractivity contribution in [2.45, 2.75) is 23.7 Å². The number of pyridine rings is 1. The lowest BCUT2D eigenvalue weighted by atomic mass is 9.92. The summed E-state index contributed by atoms with van der Waals surface area (Å²) in [5.41, 5.74) is 6.19. The van der Waals surface area contributed by atoms with Gasteiger partial charge in [0.2, 0.25) is 0 Å². The van der Waals surface area contributed by atoms with Crippen LogP contribution in [-0.2, 0) is 18.7 Å². The molecular formula is C23H20ClN3S. The Morgan fingerprint density at radius 2 is 1.89 bits per heavy atom. The molecule has 1 aliphatic rings. The molecule has 0 amide bonds. The number of halogens is 1. The van der Waals surface area contributed by atoms with Crippen LogP contribution in [0.1, 0.15) is 22.4 Å². The fourth-order valence-corrected chi connectivity index (χ4v) is 4.63. The average Bonchev–Trinajstić information content (AvgIpc) is 2.72. The van der Waals surface area contributed by atoms with Gasteiger partial charge in [-0.25, -0.2) is 4.98 Å². The molecule has 3 nitrogen and oxygen atoms in total. The number of rotatable bonds is 4. The molecule has 0 aliphatic carbocycles. The van der Waals surface area contributed by atoms with E-state index < -0.39 is 0 Å². The van der Waals surface area contributed by atoms with Gasteiger partial charge in [-0.05, 0) is 35.9 Å². The number of likely N-dealkylation sites (N-methyl/N-ethyl adjacent to an activating group) is 1. The number of nitriles is 1. The fraction of sp³-hybridized carbons (Fsp3) is 0.217. The number of benzene rings is 2. The summed E-state index contributed by atoms with van der Waals surface area (Å²) in [5.74, 6) is 0.793. The Bertz CT molecular complexity index is 1030. The highest BCUT2D eigenvalue weighted by Gasteiger charge is 2.25. The Morgan fingerprint density at radius 1 is 1.14 bits per heavy atom. The maximum Gasteiger partial charge on any atom is 0.115 e. The van der Waals surface area contributed by atoms with E-state index in [4.69, 9.17) is 16.6 Å². The molecule has 0 radical (unpaired) electrons. The second-order valence-electron chi connectivity index (χ2n) is 6.97. The molecule has 0 fully saturated rings. The number of aromatic nitrogens is 1. The molecule has 0 bridgehead atoms. The molecule has 140 valence electrons. The van der Waals surface area contributed by atoms with Gasteiger partial charge in [-0.1, -0.05) is 54.1 Å². The van der Waals surface area contributed by atoms with Gasteiger partial charge in [0.1, 0.15) is 11.1 Å². The van der Waals surface area contributed by atoms with Gasteiger partial charge in [0.25, 0.3) is 0 Å². The minimum Gasteiger partial charge on any atom is -0.302 e. The van der Waals surface area contributed by atoms with Crippen LogP contribution >= 0.6 is 23.4 Å². The van der Waals surface area contributed by atoms with Crippen molar-refractivity contribution in [1.82, 2.24) is 9.88 Å². The van der Waals surface area contributed by atoms with Gasteiger partial charge in [-0.2, -0.15) is 5.26 Å². The lowest BCUT2D eigenvalue weighted by Gasteiger charge is -2.28. The fourth-order valence-electron chi connectivity index (χ4n) is 3.54. The molecule has 2 heterocycles. The first kappa shape index (κ1) is 19.0. The number of nitrogens with zero attached hydrogens (tertiary/aromatic N) is 3. The SMILES string of the molecule is CN1CCc2nc(SCc3ccccc3)c(C#N)c(-c3ccc(Cl)cc3)c2C1. The van der Waals surface area contributed by atoms with Crippen molar-refractivity contribution < 1.29 is 0 Å². The van der Waals surface area contributed by atoms with E-state index in [1.54, 1.807) is 11.8 Å². The minimum absolute atomic E-state index is 0.664. The molecule has 28 heavy (non-hydrogen) atoms. The third-order valence-electron chi connectivity index (χ3n) is 4.97. The van der Waals surface area contributed by atoms with Crippen molar-refractivity contribution >= 4 is 23.4 Å². The van der Waals surface area contributed by atoms with Gasteiger partial charge >= 0.3 is 0 Å². The molecule has 3 aromatic rings. The first-order valence-electron chi connectivity index (χ1n) is 9.22. The molecule has 0 unspecified atom stereocenters. The van der Waals surface area contributed by atoms with Crippen molar-refractivity contribution in [2.24, 2.45) is 0 Å². The number of thioether (sulfide) groups is 1. The van der Waals surface area contributed by atoms with E-state index >= 15 is 0 Å². The van der Waals surface area contributed by atoms with Crippen LogP contribution in [0, 0.1) is 11.3 Å². The smallest absolute Gasteiger partial charge is 0.115 e. The second-order valence-corrected chi connectivity index (χ2v) is 8.37. The Kier molecular flexibility index (Phi) is 5.68. The molecule has 0 saturated carbocycles. The van der Waals surface area contributed by atoms with E-state index in [-0.39, 0.29) is 0 Å². The molecule has 5 heteroatoms. The van der Waals surface area contributed by atoms with Crippen LogP contribution in [0.2, 0.25) is 5.02 Å². The van der Waals surface area contributed by atoms with Crippen LogP contribution in [0.25, 0.3) is 11.1 Å². The number of hydrogen-bond donors (Lipinski definition) is 0. The van der Waals surface area contributed by atoms with Crippen LogP contribution in [0.3, 0.4) is 0 Å². The molecule has 2 aromatic carbocycles. The van der Waals surface area contributed by atoms with Crippen LogP contribution < -0.4 is 0 Å². The predicted molar refractivity (Wildman–Crippen MR) is 115 cm³/mol. The molecule has 0 saturated heterocycles. The van der Waals surface area contributed by atoms with E-state index in [1.807, 2.05) is 42.5 Å². The van der Waals surface area contributed by atoms with Crippen molar-refractivity contribution in [3.63, 3.8) is 0 Å². The Balaban J connectivity index is 1.82. The van der Waals surface area contributed by atoms with Crippen LogP contribution in [0.4, 0.5) is 0 Å². The molecule has 0 N–H and O–H groups in total. The first-order valence-corrected chi connectivity index (χ1v) is 10.6. The van der Waals surface area contributed by atoms with E-state index in [0.717, 1.165) is 52.7 Å². The molecule has 0 atom stereocenters. The number of hydrogen-bond acceptors (Lipinski definition) is 4. The van der Waals surface area contributed by atoms with Crippen LogP contribution in [-0.4, -0.2) is 23.5 Å². The normalized spacial score (nSPS) is 13.8. The van der Waals surface area contributed by atoms with Gasteiger partial charge < -0.3 is 4.90 Å². The van der Waals surface area contributed by atoms with Crippen molar-refractivity contribution in [3.05, 3.63) is 82.0 Å². The molecule has 1 aliphatic heterocycles.